The molecule has 1 aromatic heterocycles. The Labute approximate surface area is 156 Å². The lowest BCUT2D eigenvalue weighted by molar-refractivity contribution is 0.0697. The zero-order chi connectivity index (χ0) is 19.1. The van der Waals surface area contributed by atoms with Gasteiger partial charge in [0, 0.05) is 11.5 Å². The number of hydrogen-bond donors (Lipinski definition) is 1. The molecule has 0 aliphatic heterocycles. The van der Waals surface area contributed by atoms with E-state index in [0.29, 0.717) is 34.6 Å². The van der Waals surface area contributed by atoms with Crippen molar-refractivity contribution in [2.45, 2.75) is 31.6 Å². The fourth-order valence-corrected chi connectivity index (χ4v) is 3.69. The summed E-state index contributed by atoms with van der Waals surface area (Å²) in [6.07, 6.45) is 3.03. The molecule has 1 saturated carbocycles. The fraction of sp³-hybridized carbons (Fsp3) is 0.217. The summed E-state index contributed by atoms with van der Waals surface area (Å²) >= 11 is 0. The van der Waals surface area contributed by atoms with Crippen LogP contribution >= 0.6 is 0 Å². The maximum absolute atomic E-state index is 13.0. The summed E-state index contributed by atoms with van der Waals surface area (Å²) in [5.41, 5.74) is 3.40. The van der Waals surface area contributed by atoms with E-state index < -0.39 is 5.97 Å². The molecule has 1 aliphatic rings. The van der Waals surface area contributed by atoms with Gasteiger partial charge in [0.1, 0.15) is 11.3 Å². The highest BCUT2D eigenvalue weighted by molar-refractivity contribution is 5.92. The Balaban J connectivity index is 1.80. The van der Waals surface area contributed by atoms with Crippen LogP contribution in [0.2, 0.25) is 0 Å². The van der Waals surface area contributed by atoms with Crippen molar-refractivity contribution < 1.29 is 14.3 Å². The quantitative estimate of drug-likeness (QED) is 0.664. The van der Waals surface area contributed by atoms with Gasteiger partial charge in [0.05, 0.1) is 10.9 Å². The average molecular weight is 360 g/mol. The zero-order valence-electron chi connectivity index (χ0n) is 15.1. The molecule has 136 valence electrons. The second-order valence-corrected chi connectivity index (χ2v) is 7.14. The normalized spacial score (nSPS) is 18.4. The lowest BCUT2D eigenvalue weighted by Crippen LogP contribution is -2.13. The molecule has 4 rings (SSSR count). The second-order valence-electron chi connectivity index (χ2n) is 7.14. The SMILES string of the molecule is C=CCc1c(C2CC2c2ccc(C)cc2)oc2ccc(C(=O)O)cc2c1=O. The average Bonchev–Trinajstić information content (AvgIpc) is 3.45. The Morgan fingerprint density at radius 1 is 1.22 bits per heavy atom. The predicted octanol–water partition coefficient (Wildman–Crippen LogP) is 4.80. The van der Waals surface area contributed by atoms with Crippen molar-refractivity contribution in [3.8, 4) is 0 Å². The standard InChI is InChI=1S/C23H20O4/c1-3-4-16-21(24)19-11-15(23(25)26)9-10-20(19)27-22(16)18-12-17(18)14-7-5-13(2)6-8-14/h3,5-11,17-18H,1,4,12H2,2H3,(H,25,26). The summed E-state index contributed by atoms with van der Waals surface area (Å²) in [6.45, 7) is 5.82. The Kier molecular flexibility index (Phi) is 4.19. The minimum atomic E-state index is -1.06. The molecule has 3 aromatic rings. The number of benzene rings is 2. The van der Waals surface area contributed by atoms with Crippen LogP contribution in [0.3, 0.4) is 0 Å². The van der Waals surface area contributed by atoms with Crippen LogP contribution in [-0.4, -0.2) is 11.1 Å². The number of allylic oxidation sites excluding steroid dienone is 1. The van der Waals surface area contributed by atoms with Crippen molar-refractivity contribution >= 4 is 16.9 Å². The van der Waals surface area contributed by atoms with Crippen molar-refractivity contribution in [2.24, 2.45) is 0 Å². The molecule has 2 atom stereocenters. The molecule has 2 unspecified atom stereocenters. The van der Waals surface area contributed by atoms with Gasteiger partial charge in [-0.3, -0.25) is 4.79 Å². The molecule has 4 heteroatoms. The molecule has 0 radical (unpaired) electrons. The third-order valence-electron chi connectivity index (χ3n) is 5.24. The number of aromatic carboxylic acids is 1. The minimum absolute atomic E-state index is 0.0797. The molecule has 0 saturated heterocycles. The first kappa shape index (κ1) is 17.3. The van der Waals surface area contributed by atoms with E-state index in [1.54, 1.807) is 12.1 Å². The smallest absolute Gasteiger partial charge is 0.335 e. The number of carbonyl (C=O) groups is 1. The highest BCUT2D eigenvalue weighted by Crippen LogP contribution is 2.55. The van der Waals surface area contributed by atoms with E-state index in [2.05, 4.69) is 37.8 Å². The van der Waals surface area contributed by atoms with Gasteiger partial charge in [-0.05, 0) is 49.4 Å². The van der Waals surface area contributed by atoms with Crippen molar-refractivity contribution in [1.82, 2.24) is 0 Å². The highest BCUT2D eigenvalue weighted by Gasteiger charge is 2.43. The summed E-state index contributed by atoms with van der Waals surface area (Å²) < 4.78 is 6.12. The van der Waals surface area contributed by atoms with Crippen LogP contribution in [0, 0.1) is 6.92 Å². The first-order valence-electron chi connectivity index (χ1n) is 9.00. The largest absolute Gasteiger partial charge is 0.478 e. The third kappa shape index (κ3) is 3.08. The van der Waals surface area contributed by atoms with Gasteiger partial charge in [-0.2, -0.15) is 0 Å². The second kappa shape index (κ2) is 6.54. The Hall–Kier alpha value is -3.14. The monoisotopic (exact) mass is 360 g/mol. The molecular weight excluding hydrogens is 340 g/mol. The van der Waals surface area contributed by atoms with Crippen LogP contribution in [0.15, 0.2) is 64.3 Å². The van der Waals surface area contributed by atoms with Crippen molar-refractivity contribution in [3.63, 3.8) is 0 Å². The van der Waals surface area contributed by atoms with Gasteiger partial charge in [0.25, 0.3) is 0 Å². The van der Waals surface area contributed by atoms with E-state index in [1.165, 1.54) is 23.3 Å². The van der Waals surface area contributed by atoms with E-state index >= 15 is 0 Å². The van der Waals surface area contributed by atoms with Gasteiger partial charge in [-0.15, -0.1) is 6.58 Å². The number of aryl methyl sites for hydroxylation is 1. The number of carboxylic acid groups (broad SMARTS) is 1. The maximum atomic E-state index is 13.0. The van der Waals surface area contributed by atoms with Gasteiger partial charge in [0.2, 0.25) is 0 Å². The van der Waals surface area contributed by atoms with E-state index in [4.69, 9.17) is 4.42 Å². The minimum Gasteiger partial charge on any atom is -0.478 e. The van der Waals surface area contributed by atoms with Crippen molar-refractivity contribution in [2.75, 3.05) is 0 Å². The lowest BCUT2D eigenvalue weighted by Gasteiger charge is -2.09. The number of rotatable bonds is 5. The van der Waals surface area contributed by atoms with E-state index in [0.717, 1.165) is 6.42 Å². The van der Waals surface area contributed by atoms with Crippen LogP contribution in [0.4, 0.5) is 0 Å². The van der Waals surface area contributed by atoms with Crippen molar-refractivity contribution in [3.05, 3.63) is 93.4 Å². The summed E-state index contributed by atoms with van der Waals surface area (Å²) in [5, 5.41) is 9.50. The molecule has 2 aromatic carbocycles. The first-order valence-corrected chi connectivity index (χ1v) is 9.00. The van der Waals surface area contributed by atoms with Gasteiger partial charge in [0.15, 0.2) is 5.43 Å². The van der Waals surface area contributed by atoms with Gasteiger partial charge in [-0.25, -0.2) is 4.79 Å². The molecule has 1 aliphatic carbocycles. The van der Waals surface area contributed by atoms with Gasteiger partial charge >= 0.3 is 5.97 Å². The van der Waals surface area contributed by atoms with Crippen LogP contribution in [0.5, 0.6) is 0 Å². The molecule has 1 N–H and O–H groups in total. The van der Waals surface area contributed by atoms with Crippen LogP contribution < -0.4 is 5.43 Å². The predicted molar refractivity (Wildman–Crippen MR) is 105 cm³/mol. The molecule has 0 bridgehead atoms. The summed E-state index contributed by atoms with van der Waals surface area (Å²) in [7, 11) is 0. The van der Waals surface area contributed by atoms with E-state index in [1.807, 2.05) is 0 Å². The molecule has 4 nitrogen and oxygen atoms in total. The summed E-state index contributed by atoms with van der Waals surface area (Å²) in [5.74, 6) is 0.153. The first-order chi connectivity index (χ1) is 13.0. The molecule has 27 heavy (non-hydrogen) atoms. The highest BCUT2D eigenvalue weighted by atomic mass is 16.4. The Morgan fingerprint density at radius 2 is 1.96 bits per heavy atom. The topological polar surface area (TPSA) is 67.5 Å². The Bertz CT molecular complexity index is 1110. The van der Waals surface area contributed by atoms with Crippen LogP contribution in [0.25, 0.3) is 11.0 Å². The summed E-state index contributed by atoms with van der Waals surface area (Å²) in [6, 6.07) is 12.9. The number of carboxylic acids is 1. The van der Waals surface area contributed by atoms with Crippen LogP contribution in [-0.2, 0) is 6.42 Å². The van der Waals surface area contributed by atoms with Crippen LogP contribution in [0.1, 0.15) is 51.1 Å². The third-order valence-corrected chi connectivity index (χ3v) is 5.24. The Morgan fingerprint density at radius 3 is 2.63 bits per heavy atom. The maximum Gasteiger partial charge on any atom is 0.335 e. The molecule has 1 fully saturated rings. The number of fused-ring (bicyclic) bond motifs is 1. The summed E-state index contributed by atoms with van der Waals surface area (Å²) in [4.78, 5) is 24.3. The lowest BCUT2D eigenvalue weighted by atomic mass is 10.0. The van der Waals surface area contributed by atoms with Gasteiger partial charge < -0.3 is 9.52 Å². The zero-order valence-corrected chi connectivity index (χ0v) is 15.1. The van der Waals surface area contributed by atoms with Crippen molar-refractivity contribution in [1.29, 1.82) is 0 Å². The van der Waals surface area contributed by atoms with E-state index in [-0.39, 0.29) is 16.9 Å². The molecule has 0 spiro atoms. The van der Waals surface area contributed by atoms with E-state index in [9.17, 15) is 14.7 Å². The fourth-order valence-electron chi connectivity index (χ4n) is 3.69. The number of hydrogen-bond acceptors (Lipinski definition) is 3. The van der Waals surface area contributed by atoms with Gasteiger partial charge in [-0.1, -0.05) is 35.9 Å². The molecule has 0 amide bonds. The molecule has 1 heterocycles. The molecular formula is C23H20O4.